The Labute approximate surface area is 151 Å². The van der Waals surface area contributed by atoms with Gasteiger partial charge in [-0.2, -0.15) is 0 Å². The van der Waals surface area contributed by atoms with E-state index < -0.39 is 5.97 Å². The zero-order valence-corrected chi connectivity index (χ0v) is 16.0. The first-order valence-electron chi connectivity index (χ1n) is 8.08. The van der Waals surface area contributed by atoms with Crippen molar-refractivity contribution < 1.29 is 14.7 Å². The number of carboxylic acid groups (broad SMARTS) is 1. The number of hydrogen-bond acceptors (Lipinski definition) is 6. The minimum absolute atomic E-state index is 0.0870. The average molecular weight is 372 g/mol. The highest BCUT2D eigenvalue weighted by Crippen LogP contribution is 2.25. The van der Waals surface area contributed by atoms with Crippen LogP contribution in [0.25, 0.3) is 0 Å². The van der Waals surface area contributed by atoms with Crippen LogP contribution in [0.15, 0.2) is 9.72 Å². The Morgan fingerprint density at radius 3 is 2.92 bits per heavy atom. The standard InChI is InChI=1S/C16H25N3O3S2/c1-16(2,3)10-17-8-11-4-5-13(20)19(11)6-7-23-15-18-12(9-24-15)14(21)22/h9,11,17H,4-8,10H2,1-3H3,(H,21,22)/t11-/m1/s1. The van der Waals surface area contributed by atoms with E-state index in [9.17, 15) is 9.59 Å². The van der Waals surface area contributed by atoms with E-state index in [1.807, 2.05) is 4.90 Å². The minimum atomic E-state index is -1.00. The third-order valence-corrected chi connectivity index (χ3v) is 5.75. The van der Waals surface area contributed by atoms with Crippen molar-refractivity contribution in [3.8, 4) is 0 Å². The van der Waals surface area contributed by atoms with E-state index in [1.165, 1.54) is 23.1 Å². The number of nitrogens with one attached hydrogen (secondary N) is 1. The number of amides is 1. The molecule has 2 N–H and O–H groups in total. The Balaban J connectivity index is 1.78. The zero-order valence-electron chi connectivity index (χ0n) is 14.4. The molecule has 1 aromatic rings. The van der Waals surface area contributed by atoms with E-state index in [0.717, 1.165) is 29.6 Å². The molecule has 1 aliphatic heterocycles. The lowest BCUT2D eigenvalue weighted by Crippen LogP contribution is -2.42. The van der Waals surface area contributed by atoms with Crippen molar-refractivity contribution in [2.45, 2.75) is 44.0 Å². The molecule has 2 heterocycles. The molecule has 1 fully saturated rings. The maximum absolute atomic E-state index is 12.1. The van der Waals surface area contributed by atoms with Crippen LogP contribution in [0.3, 0.4) is 0 Å². The molecule has 0 bridgehead atoms. The van der Waals surface area contributed by atoms with Crippen molar-refractivity contribution in [1.82, 2.24) is 15.2 Å². The highest BCUT2D eigenvalue weighted by Gasteiger charge is 2.30. The molecule has 2 rings (SSSR count). The summed E-state index contributed by atoms with van der Waals surface area (Å²) in [7, 11) is 0. The van der Waals surface area contributed by atoms with Crippen LogP contribution in [0.2, 0.25) is 0 Å². The number of aromatic nitrogens is 1. The molecule has 1 aromatic heterocycles. The lowest BCUT2D eigenvalue weighted by Gasteiger charge is -2.27. The van der Waals surface area contributed by atoms with Gasteiger partial charge in [0, 0.05) is 43.2 Å². The summed E-state index contributed by atoms with van der Waals surface area (Å²) in [5.41, 5.74) is 0.319. The molecule has 8 heteroatoms. The Morgan fingerprint density at radius 1 is 1.54 bits per heavy atom. The zero-order chi connectivity index (χ0) is 17.7. The highest BCUT2D eigenvalue weighted by molar-refractivity contribution is 8.01. The molecule has 1 saturated heterocycles. The van der Waals surface area contributed by atoms with Gasteiger partial charge in [0.05, 0.1) is 0 Å². The van der Waals surface area contributed by atoms with E-state index in [2.05, 4.69) is 31.1 Å². The van der Waals surface area contributed by atoms with E-state index >= 15 is 0 Å². The van der Waals surface area contributed by atoms with E-state index in [4.69, 9.17) is 5.11 Å². The number of thioether (sulfide) groups is 1. The van der Waals surface area contributed by atoms with Gasteiger partial charge in [0.25, 0.3) is 0 Å². The van der Waals surface area contributed by atoms with Crippen LogP contribution >= 0.6 is 23.1 Å². The van der Waals surface area contributed by atoms with E-state index in [0.29, 0.717) is 13.0 Å². The van der Waals surface area contributed by atoms with Crippen LogP contribution in [-0.2, 0) is 4.79 Å². The van der Waals surface area contributed by atoms with E-state index in [-0.39, 0.29) is 23.1 Å². The first-order chi connectivity index (χ1) is 11.3. The molecule has 0 aromatic carbocycles. The van der Waals surface area contributed by atoms with Gasteiger partial charge in [-0.3, -0.25) is 4.79 Å². The van der Waals surface area contributed by atoms with Crippen LogP contribution in [0, 0.1) is 5.41 Å². The van der Waals surface area contributed by atoms with Crippen molar-refractivity contribution in [3.05, 3.63) is 11.1 Å². The first kappa shape index (κ1) is 19.2. The molecule has 6 nitrogen and oxygen atoms in total. The molecular formula is C16H25N3O3S2. The summed E-state index contributed by atoms with van der Waals surface area (Å²) >= 11 is 2.84. The largest absolute Gasteiger partial charge is 0.476 e. The number of carboxylic acids is 1. The number of thiazole rings is 1. The lowest BCUT2D eigenvalue weighted by molar-refractivity contribution is -0.128. The third kappa shape index (κ3) is 5.75. The molecule has 1 aliphatic rings. The molecule has 0 saturated carbocycles. The fourth-order valence-corrected chi connectivity index (χ4v) is 4.39. The van der Waals surface area contributed by atoms with Gasteiger partial charge in [0.2, 0.25) is 5.91 Å². The van der Waals surface area contributed by atoms with Gasteiger partial charge in [-0.25, -0.2) is 9.78 Å². The third-order valence-electron chi connectivity index (χ3n) is 3.75. The average Bonchev–Trinajstić information content (AvgIpc) is 3.07. The normalized spacial score (nSPS) is 18.4. The maximum Gasteiger partial charge on any atom is 0.355 e. The van der Waals surface area contributed by atoms with Crippen LogP contribution in [-0.4, -0.2) is 58.3 Å². The smallest absolute Gasteiger partial charge is 0.355 e. The number of hydrogen-bond donors (Lipinski definition) is 2. The van der Waals surface area contributed by atoms with Gasteiger partial charge in [0.1, 0.15) is 0 Å². The van der Waals surface area contributed by atoms with Gasteiger partial charge in [0.15, 0.2) is 10.0 Å². The summed E-state index contributed by atoms with van der Waals surface area (Å²) in [6.07, 6.45) is 1.52. The summed E-state index contributed by atoms with van der Waals surface area (Å²) in [6.45, 7) is 8.99. The molecule has 0 spiro atoms. The first-order valence-corrected chi connectivity index (χ1v) is 9.94. The SMILES string of the molecule is CC(C)(C)CNC[C@H]1CCC(=O)N1CCSc1nc(C(=O)O)cs1. The summed E-state index contributed by atoms with van der Waals surface area (Å²) in [4.78, 5) is 28.9. The number of likely N-dealkylation sites (tertiary alicyclic amines) is 1. The predicted octanol–water partition coefficient (Wildman–Crippen LogP) is 2.56. The number of rotatable bonds is 8. The molecule has 0 aliphatic carbocycles. The topological polar surface area (TPSA) is 82.5 Å². The Morgan fingerprint density at radius 2 is 2.29 bits per heavy atom. The molecule has 0 radical (unpaired) electrons. The summed E-state index contributed by atoms with van der Waals surface area (Å²) < 4.78 is 0.737. The van der Waals surface area contributed by atoms with Crippen LogP contribution in [0.4, 0.5) is 0 Å². The van der Waals surface area contributed by atoms with Gasteiger partial charge in [-0.05, 0) is 11.8 Å². The summed E-state index contributed by atoms with van der Waals surface area (Å²) in [6, 6.07) is 0.256. The number of aromatic carboxylic acids is 1. The number of carbonyl (C=O) groups is 2. The van der Waals surface area contributed by atoms with Crippen LogP contribution < -0.4 is 5.32 Å². The van der Waals surface area contributed by atoms with Gasteiger partial charge in [-0.15, -0.1) is 11.3 Å². The highest BCUT2D eigenvalue weighted by atomic mass is 32.2. The number of nitrogens with zero attached hydrogens (tertiary/aromatic N) is 2. The van der Waals surface area contributed by atoms with Crippen LogP contribution in [0.1, 0.15) is 44.1 Å². The lowest BCUT2D eigenvalue weighted by atomic mass is 9.97. The van der Waals surface area contributed by atoms with Crippen molar-refractivity contribution in [2.75, 3.05) is 25.4 Å². The predicted molar refractivity (Wildman–Crippen MR) is 96.9 cm³/mol. The van der Waals surface area contributed by atoms with Crippen molar-refractivity contribution in [2.24, 2.45) is 5.41 Å². The molecule has 134 valence electrons. The summed E-state index contributed by atoms with van der Waals surface area (Å²) in [5, 5.41) is 13.9. The second kappa shape index (κ2) is 8.31. The van der Waals surface area contributed by atoms with Gasteiger partial charge in [-0.1, -0.05) is 32.5 Å². The van der Waals surface area contributed by atoms with E-state index in [1.54, 1.807) is 5.38 Å². The monoisotopic (exact) mass is 371 g/mol. The van der Waals surface area contributed by atoms with Crippen LogP contribution in [0.5, 0.6) is 0 Å². The van der Waals surface area contributed by atoms with Crippen molar-refractivity contribution in [3.63, 3.8) is 0 Å². The van der Waals surface area contributed by atoms with Gasteiger partial charge < -0.3 is 15.3 Å². The summed E-state index contributed by atoms with van der Waals surface area (Å²) in [5.74, 6) is -0.0602. The molecule has 24 heavy (non-hydrogen) atoms. The Kier molecular flexibility index (Phi) is 6.65. The maximum atomic E-state index is 12.1. The van der Waals surface area contributed by atoms with Gasteiger partial charge >= 0.3 is 5.97 Å². The molecule has 0 unspecified atom stereocenters. The Bertz CT molecular complexity index is 583. The quantitative estimate of drug-likeness (QED) is 0.684. The minimum Gasteiger partial charge on any atom is -0.476 e. The molecular weight excluding hydrogens is 346 g/mol. The second-order valence-electron chi connectivity index (χ2n) is 7.12. The Hall–Kier alpha value is -1.12. The molecule has 1 atom stereocenters. The molecule has 1 amide bonds. The van der Waals surface area contributed by atoms with Crippen molar-refractivity contribution in [1.29, 1.82) is 0 Å². The fourth-order valence-electron chi connectivity index (χ4n) is 2.58. The van der Waals surface area contributed by atoms with Crippen molar-refractivity contribution >= 4 is 35.0 Å². The number of carbonyl (C=O) groups excluding carboxylic acids is 1. The fraction of sp³-hybridized carbons (Fsp3) is 0.688. The second-order valence-corrected chi connectivity index (χ2v) is 9.32.